The first kappa shape index (κ1) is 20.8. The fourth-order valence-electron chi connectivity index (χ4n) is 1.97. The molecule has 2 rings (SSSR count). The Bertz CT molecular complexity index is 880. The highest BCUT2D eigenvalue weighted by atomic mass is 35.5. The molecule has 0 saturated carbocycles. The third-order valence-electron chi connectivity index (χ3n) is 3.25. The molecule has 0 aromatic heterocycles. The molecule has 2 aromatic rings. The fraction of sp³-hybridized carbons (Fsp3) is 0.118. The number of nitrogens with one attached hydrogen (secondary N) is 2. The van der Waals surface area contributed by atoms with Crippen LogP contribution in [-0.2, 0) is 9.59 Å². The van der Waals surface area contributed by atoms with E-state index in [0.717, 1.165) is 0 Å². The first-order valence-electron chi connectivity index (χ1n) is 7.36. The quantitative estimate of drug-likeness (QED) is 0.327. The van der Waals surface area contributed by atoms with Crippen LogP contribution in [0.5, 0.6) is 11.5 Å². The predicted molar refractivity (Wildman–Crippen MR) is 105 cm³/mol. The van der Waals surface area contributed by atoms with Crippen LogP contribution in [0.4, 0.5) is 5.69 Å². The number of methoxy groups -OCH3 is 2. The minimum atomic E-state index is -0.990. The van der Waals surface area contributed by atoms with E-state index in [0.29, 0.717) is 17.1 Å². The second kappa shape index (κ2) is 9.45. The molecule has 0 aliphatic carbocycles. The van der Waals surface area contributed by atoms with Gasteiger partial charge in [0.25, 0.3) is 0 Å². The molecule has 0 heterocycles. The minimum Gasteiger partial charge on any atom is -0.497 e. The van der Waals surface area contributed by atoms with Crippen LogP contribution in [0.1, 0.15) is 5.56 Å². The van der Waals surface area contributed by atoms with Crippen LogP contribution in [-0.4, -0.2) is 32.2 Å². The summed E-state index contributed by atoms with van der Waals surface area (Å²) in [7, 11) is 3.01. The normalized spacial score (nSPS) is 10.6. The van der Waals surface area contributed by atoms with E-state index in [1.54, 1.807) is 18.2 Å². The lowest BCUT2D eigenvalue weighted by Crippen LogP contribution is -2.32. The summed E-state index contributed by atoms with van der Waals surface area (Å²) in [6, 6.07) is 7.79. The summed E-state index contributed by atoms with van der Waals surface area (Å²) in [6.07, 6.45) is 1.32. The number of rotatable bonds is 5. The van der Waals surface area contributed by atoms with E-state index in [-0.39, 0.29) is 20.8 Å². The van der Waals surface area contributed by atoms with Gasteiger partial charge in [-0.15, -0.1) is 0 Å². The van der Waals surface area contributed by atoms with E-state index in [2.05, 4.69) is 15.8 Å². The molecule has 27 heavy (non-hydrogen) atoms. The Balaban J connectivity index is 2.03. The van der Waals surface area contributed by atoms with E-state index < -0.39 is 11.8 Å². The van der Waals surface area contributed by atoms with Crippen molar-refractivity contribution in [3.05, 3.63) is 51.0 Å². The van der Waals surface area contributed by atoms with E-state index in [4.69, 9.17) is 44.3 Å². The van der Waals surface area contributed by atoms with E-state index in [1.807, 2.05) is 0 Å². The van der Waals surface area contributed by atoms with Gasteiger partial charge in [-0.2, -0.15) is 5.10 Å². The number of carbonyl (C=O) groups is 2. The lowest BCUT2D eigenvalue weighted by atomic mass is 10.2. The summed E-state index contributed by atoms with van der Waals surface area (Å²) >= 11 is 17.6. The molecule has 10 heteroatoms. The standard InChI is InChI=1S/C17H14Cl3N3O4/c1-26-11-3-4-14(27-2)9(5-11)8-21-23-17(25)16(24)22-10-6-12(18)15(20)13(19)7-10/h3-8H,1-2H3,(H,22,24)(H,23,25). The van der Waals surface area contributed by atoms with Gasteiger partial charge in [0.2, 0.25) is 0 Å². The van der Waals surface area contributed by atoms with Crippen molar-refractivity contribution in [1.82, 2.24) is 5.43 Å². The number of hydrogen-bond donors (Lipinski definition) is 2. The SMILES string of the molecule is COc1ccc(OC)c(C=NNC(=O)C(=O)Nc2cc(Cl)c(Cl)c(Cl)c2)c1. The van der Waals surface area contributed by atoms with Gasteiger partial charge in [-0.3, -0.25) is 9.59 Å². The van der Waals surface area contributed by atoms with Gasteiger partial charge < -0.3 is 14.8 Å². The Morgan fingerprint density at radius 3 is 2.26 bits per heavy atom. The van der Waals surface area contributed by atoms with Crippen molar-refractivity contribution in [2.24, 2.45) is 5.10 Å². The molecule has 0 saturated heterocycles. The number of nitrogens with zero attached hydrogens (tertiary/aromatic N) is 1. The van der Waals surface area contributed by atoms with Crippen LogP contribution in [0.3, 0.4) is 0 Å². The van der Waals surface area contributed by atoms with Gasteiger partial charge in [-0.05, 0) is 30.3 Å². The summed E-state index contributed by atoms with van der Waals surface area (Å²) in [5.41, 5.74) is 2.88. The number of hydrogen-bond acceptors (Lipinski definition) is 5. The maximum Gasteiger partial charge on any atom is 0.329 e. The maximum absolute atomic E-state index is 11.9. The van der Waals surface area contributed by atoms with Crippen LogP contribution in [0.15, 0.2) is 35.4 Å². The number of hydrazone groups is 1. The van der Waals surface area contributed by atoms with Crippen LogP contribution in [0, 0.1) is 0 Å². The number of amides is 2. The second-order valence-electron chi connectivity index (χ2n) is 5.02. The van der Waals surface area contributed by atoms with Crippen LogP contribution in [0.25, 0.3) is 0 Å². The van der Waals surface area contributed by atoms with Crippen molar-refractivity contribution in [1.29, 1.82) is 0 Å². The summed E-state index contributed by atoms with van der Waals surface area (Å²) in [5.74, 6) is -0.851. The smallest absolute Gasteiger partial charge is 0.329 e. The Kier molecular flexibility index (Phi) is 7.29. The molecule has 7 nitrogen and oxygen atoms in total. The zero-order chi connectivity index (χ0) is 20.0. The molecule has 0 aliphatic heterocycles. The van der Waals surface area contributed by atoms with Gasteiger partial charge in [0, 0.05) is 11.3 Å². The van der Waals surface area contributed by atoms with E-state index in [1.165, 1.54) is 32.6 Å². The fourth-order valence-corrected chi connectivity index (χ4v) is 2.56. The van der Waals surface area contributed by atoms with Crippen molar-refractivity contribution in [3.63, 3.8) is 0 Å². The highest BCUT2D eigenvalue weighted by molar-refractivity contribution is 6.48. The van der Waals surface area contributed by atoms with Gasteiger partial charge in [-0.1, -0.05) is 34.8 Å². The first-order chi connectivity index (χ1) is 12.8. The molecule has 0 fully saturated rings. The van der Waals surface area contributed by atoms with Crippen molar-refractivity contribution < 1.29 is 19.1 Å². The molecule has 0 aliphatic rings. The summed E-state index contributed by atoms with van der Waals surface area (Å²) in [5, 5.41) is 6.52. The topological polar surface area (TPSA) is 89.0 Å². The summed E-state index contributed by atoms with van der Waals surface area (Å²) in [4.78, 5) is 23.8. The number of anilines is 1. The van der Waals surface area contributed by atoms with Crippen molar-refractivity contribution in [3.8, 4) is 11.5 Å². The molecule has 2 aromatic carbocycles. The van der Waals surface area contributed by atoms with Crippen LogP contribution < -0.4 is 20.2 Å². The molecule has 0 atom stereocenters. The Hall–Kier alpha value is -2.48. The van der Waals surface area contributed by atoms with Crippen LogP contribution >= 0.6 is 34.8 Å². The van der Waals surface area contributed by atoms with Crippen molar-refractivity contribution >= 4 is 58.5 Å². The number of benzene rings is 2. The van der Waals surface area contributed by atoms with E-state index in [9.17, 15) is 9.59 Å². The largest absolute Gasteiger partial charge is 0.497 e. The molecule has 0 unspecified atom stereocenters. The first-order valence-corrected chi connectivity index (χ1v) is 8.50. The molecular weight excluding hydrogens is 417 g/mol. The van der Waals surface area contributed by atoms with Crippen LogP contribution in [0.2, 0.25) is 15.1 Å². The van der Waals surface area contributed by atoms with Gasteiger partial charge >= 0.3 is 11.8 Å². The second-order valence-corrected chi connectivity index (χ2v) is 6.21. The lowest BCUT2D eigenvalue weighted by molar-refractivity contribution is -0.136. The Morgan fingerprint density at radius 2 is 1.67 bits per heavy atom. The van der Waals surface area contributed by atoms with Crippen molar-refractivity contribution in [2.45, 2.75) is 0 Å². The van der Waals surface area contributed by atoms with Crippen molar-refractivity contribution in [2.75, 3.05) is 19.5 Å². The average molecular weight is 431 g/mol. The molecule has 142 valence electrons. The van der Waals surface area contributed by atoms with Gasteiger partial charge in [0.15, 0.2) is 0 Å². The summed E-state index contributed by atoms with van der Waals surface area (Å²) in [6.45, 7) is 0. The Labute approximate surface area is 170 Å². The maximum atomic E-state index is 11.9. The highest BCUT2D eigenvalue weighted by Crippen LogP contribution is 2.33. The van der Waals surface area contributed by atoms with E-state index >= 15 is 0 Å². The molecule has 0 radical (unpaired) electrons. The third-order valence-corrected chi connectivity index (χ3v) is 4.45. The average Bonchev–Trinajstić information content (AvgIpc) is 2.65. The third kappa shape index (κ3) is 5.50. The minimum absolute atomic E-state index is 0.142. The monoisotopic (exact) mass is 429 g/mol. The Morgan fingerprint density at radius 1 is 1.00 bits per heavy atom. The molecule has 2 N–H and O–H groups in total. The van der Waals surface area contributed by atoms with Gasteiger partial charge in [0.05, 0.1) is 35.5 Å². The van der Waals surface area contributed by atoms with Gasteiger partial charge in [-0.25, -0.2) is 5.43 Å². The zero-order valence-corrected chi connectivity index (χ0v) is 16.4. The molecule has 0 spiro atoms. The lowest BCUT2D eigenvalue weighted by Gasteiger charge is -2.07. The molecule has 0 bridgehead atoms. The zero-order valence-electron chi connectivity index (χ0n) is 14.2. The number of carbonyl (C=O) groups excluding carboxylic acids is 2. The predicted octanol–water partition coefficient (Wildman–Crippen LogP) is 3.75. The highest BCUT2D eigenvalue weighted by Gasteiger charge is 2.15. The summed E-state index contributed by atoms with van der Waals surface area (Å²) < 4.78 is 10.3. The molecule has 2 amide bonds. The molecular formula is C17H14Cl3N3O4. The number of ether oxygens (including phenoxy) is 2. The van der Waals surface area contributed by atoms with Gasteiger partial charge in [0.1, 0.15) is 11.5 Å². The number of halogens is 3.